The standard InChI is InChI=1S/C20H24/c1-13-7-9-19(15(3)11-13)17(5)18(6)20-10-8-14(2)12-16(20)4/h7-12H,1-6H3. The van der Waals surface area contributed by atoms with Crippen LogP contribution in [0.25, 0.3) is 11.1 Å². The summed E-state index contributed by atoms with van der Waals surface area (Å²) in [6, 6.07) is 13.4. The monoisotopic (exact) mass is 264 g/mol. The second-order valence-corrected chi connectivity index (χ2v) is 5.89. The molecule has 0 aromatic heterocycles. The highest BCUT2D eigenvalue weighted by Crippen LogP contribution is 2.30. The first-order valence-electron chi connectivity index (χ1n) is 7.23. The minimum atomic E-state index is 1.32. The lowest BCUT2D eigenvalue weighted by molar-refractivity contribution is 1.33. The topological polar surface area (TPSA) is 0 Å². The molecule has 0 fully saturated rings. The van der Waals surface area contributed by atoms with Crippen LogP contribution in [-0.4, -0.2) is 0 Å². The highest BCUT2D eigenvalue weighted by atomic mass is 14.1. The molecule has 0 saturated heterocycles. The van der Waals surface area contributed by atoms with Crippen LogP contribution in [0.3, 0.4) is 0 Å². The lowest BCUT2D eigenvalue weighted by Crippen LogP contribution is -1.93. The minimum absolute atomic E-state index is 1.32. The molecule has 0 heteroatoms. The maximum absolute atomic E-state index is 2.26. The van der Waals surface area contributed by atoms with Gasteiger partial charge in [0.05, 0.1) is 0 Å². The zero-order valence-electron chi connectivity index (χ0n) is 13.5. The maximum Gasteiger partial charge on any atom is -0.0195 e. The summed E-state index contributed by atoms with van der Waals surface area (Å²) in [5, 5.41) is 0. The third-order valence-electron chi connectivity index (χ3n) is 4.13. The van der Waals surface area contributed by atoms with Crippen LogP contribution < -0.4 is 0 Å². The summed E-state index contributed by atoms with van der Waals surface area (Å²) < 4.78 is 0. The molecular formula is C20H24. The molecule has 0 atom stereocenters. The van der Waals surface area contributed by atoms with Crippen molar-refractivity contribution >= 4 is 11.1 Å². The van der Waals surface area contributed by atoms with E-state index in [0.29, 0.717) is 0 Å². The molecule has 0 radical (unpaired) electrons. The Morgan fingerprint density at radius 1 is 0.600 bits per heavy atom. The average molecular weight is 264 g/mol. The molecule has 0 saturated carbocycles. The van der Waals surface area contributed by atoms with Gasteiger partial charge in [-0.25, -0.2) is 0 Å². The Labute approximate surface area is 123 Å². The molecule has 0 heterocycles. The lowest BCUT2D eigenvalue weighted by atomic mass is 9.91. The molecule has 0 N–H and O–H groups in total. The Balaban J connectivity index is 2.55. The Kier molecular flexibility index (Phi) is 4.13. The number of benzene rings is 2. The van der Waals surface area contributed by atoms with Crippen LogP contribution in [0.15, 0.2) is 36.4 Å². The normalized spacial score (nSPS) is 12.3. The SMILES string of the molecule is CC(=C(C)c1ccc(C)cc1C)c1ccc(C)cc1C. The van der Waals surface area contributed by atoms with E-state index in [1.807, 2.05) is 0 Å². The van der Waals surface area contributed by atoms with E-state index < -0.39 is 0 Å². The summed E-state index contributed by atoms with van der Waals surface area (Å²) in [5.74, 6) is 0. The van der Waals surface area contributed by atoms with Crippen molar-refractivity contribution in [2.45, 2.75) is 41.5 Å². The molecular weight excluding hydrogens is 240 g/mol. The van der Waals surface area contributed by atoms with Gasteiger partial charge in [0.25, 0.3) is 0 Å². The molecule has 0 unspecified atom stereocenters. The van der Waals surface area contributed by atoms with E-state index in [4.69, 9.17) is 0 Å². The van der Waals surface area contributed by atoms with Crippen molar-refractivity contribution in [1.82, 2.24) is 0 Å². The third kappa shape index (κ3) is 2.85. The van der Waals surface area contributed by atoms with Crippen LogP contribution >= 0.6 is 0 Å². The smallest absolute Gasteiger partial charge is 0.0195 e. The van der Waals surface area contributed by atoms with Gasteiger partial charge in [0.15, 0.2) is 0 Å². The summed E-state index contributed by atoms with van der Waals surface area (Å²) in [6.45, 7) is 13.1. The van der Waals surface area contributed by atoms with Crippen LogP contribution in [0.1, 0.15) is 47.2 Å². The fourth-order valence-electron chi connectivity index (χ4n) is 2.87. The molecule has 0 nitrogen and oxygen atoms in total. The third-order valence-corrected chi connectivity index (χ3v) is 4.13. The fraction of sp³-hybridized carbons (Fsp3) is 0.300. The first kappa shape index (κ1) is 14.6. The summed E-state index contributed by atoms with van der Waals surface area (Å²) in [4.78, 5) is 0. The second kappa shape index (κ2) is 5.66. The average Bonchev–Trinajstić information content (AvgIpc) is 2.37. The summed E-state index contributed by atoms with van der Waals surface area (Å²) in [5.41, 5.74) is 10.8. The van der Waals surface area contributed by atoms with Gasteiger partial charge in [-0.1, -0.05) is 47.5 Å². The van der Waals surface area contributed by atoms with E-state index in [-0.39, 0.29) is 0 Å². The zero-order valence-corrected chi connectivity index (χ0v) is 13.5. The molecule has 0 aliphatic carbocycles. The van der Waals surface area contributed by atoms with Gasteiger partial charge in [-0.15, -0.1) is 0 Å². The van der Waals surface area contributed by atoms with Gasteiger partial charge in [-0.05, 0) is 74.9 Å². The first-order valence-corrected chi connectivity index (χ1v) is 7.23. The van der Waals surface area contributed by atoms with E-state index in [0.717, 1.165) is 0 Å². The molecule has 104 valence electrons. The van der Waals surface area contributed by atoms with Gasteiger partial charge in [0.1, 0.15) is 0 Å². The van der Waals surface area contributed by atoms with Crippen LogP contribution in [0.4, 0.5) is 0 Å². The fourth-order valence-corrected chi connectivity index (χ4v) is 2.87. The zero-order chi connectivity index (χ0) is 14.9. The minimum Gasteiger partial charge on any atom is -0.0587 e. The van der Waals surface area contributed by atoms with Crippen molar-refractivity contribution in [2.75, 3.05) is 0 Å². The highest BCUT2D eigenvalue weighted by molar-refractivity contribution is 5.90. The Morgan fingerprint density at radius 3 is 1.25 bits per heavy atom. The van der Waals surface area contributed by atoms with Crippen molar-refractivity contribution in [2.24, 2.45) is 0 Å². The Hall–Kier alpha value is -1.82. The van der Waals surface area contributed by atoms with E-state index in [1.54, 1.807) is 0 Å². The lowest BCUT2D eigenvalue weighted by Gasteiger charge is -2.14. The van der Waals surface area contributed by atoms with Crippen LogP contribution in [0.2, 0.25) is 0 Å². The highest BCUT2D eigenvalue weighted by Gasteiger charge is 2.08. The van der Waals surface area contributed by atoms with E-state index in [9.17, 15) is 0 Å². The Bertz CT molecular complexity index is 613. The molecule has 0 spiro atoms. The number of hydrogen-bond donors (Lipinski definition) is 0. The van der Waals surface area contributed by atoms with Crippen molar-refractivity contribution < 1.29 is 0 Å². The summed E-state index contributed by atoms with van der Waals surface area (Å²) in [6.07, 6.45) is 0. The van der Waals surface area contributed by atoms with Crippen molar-refractivity contribution in [3.63, 3.8) is 0 Å². The molecule has 0 aliphatic heterocycles. The van der Waals surface area contributed by atoms with Crippen molar-refractivity contribution in [1.29, 1.82) is 0 Å². The first-order chi connectivity index (χ1) is 9.40. The van der Waals surface area contributed by atoms with Gasteiger partial charge < -0.3 is 0 Å². The number of rotatable bonds is 2. The molecule has 20 heavy (non-hydrogen) atoms. The van der Waals surface area contributed by atoms with Crippen LogP contribution in [-0.2, 0) is 0 Å². The summed E-state index contributed by atoms with van der Waals surface area (Å²) in [7, 11) is 0. The number of allylic oxidation sites excluding steroid dienone is 2. The van der Waals surface area contributed by atoms with Gasteiger partial charge >= 0.3 is 0 Å². The predicted octanol–water partition coefficient (Wildman–Crippen LogP) is 5.87. The van der Waals surface area contributed by atoms with Gasteiger partial charge in [0.2, 0.25) is 0 Å². The second-order valence-electron chi connectivity index (χ2n) is 5.89. The maximum atomic E-state index is 2.26. The van der Waals surface area contributed by atoms with E-state index >= 15 is 0 Å². The number of aryl methyl sites for hydroxylation is 4. The van der Waals surface area contributed by atoms with Crippen LogP contribution in [0, 0.1) is 27.7 Å². The van der Waals surface area contributed by atoms with Gasteiger partial charge in [0, 0.05) is 0 Å². The largest absolute Gasteiger partial charge is 0.0587 e. The Morgan fingerprint density at radius 2 is 0.950 bits per heavy atom. The molecule has 2 aromatic carbocycles. The van der Waals surface area contributed by atoms with E-state index in [2.05, 4.69) is 77.9 Å². The van der Waals surface area contributed by atoms with Crippen LogP contribution in [0.5, 0.6) is 0 Å². The molecule has 2 aromatic rings. The molecule has 0 aliphatic rings. The van der Waals surface area contributed by atoms with Crippen molar-refractivity contribution in [3.8, 4) is 0 Å². The quantitative estimate of drug-likeness (QED) is 0.595. The molecule has 0 amide bonds. The van der Waals surface area contributed by atoms with Gasteiger partial charge in [-0.2, -0.15) is 0 Å². The molecule has 2 rings (SSSR count). The van der Waals surface area contributed by atoms with Gasteiger partial charge in [-0.3, -0.25) is 0 Å². The summed E-state index contributed by atoms with van der Waals surface area (Å²) >= 11 is 0. The number of hydrogen-bond acceptors (Lipinski definition) is 0. The predicted molar refractivity (Wildman–Crippen MR) is 90.0 cm³/mol. The molecule has 0 bridgehead atoms. The van der Waals surface area contributed by atoms with E-state index in [1.165, 1.54) is 44.5 Å². The van der Waals surface area contributed by atoms with Crippen molar-refractivity contribution in [3.05, 3.63) is 69.8 Å².